The summed E-state index contributed by atoms with van der Waals surface area (Å²) < 4.78 is 0. The standard InChI is InChI=1S/C16H25NO2S/c1-20-12-8-3-2-7-11-17-13-15(16(18)19)14-9-5-4-6-10-14/h4-6,9-10,15,17H,2-3,7-8,11-13H2,1H3,(H,18,19). The van der Waals surface area contributed by atoms with Gasteiger partial charge in [0.2, 0.25) is 0 Å². The van der Waals surface area contributed by atoms with Gasteiger partial charge >= 0.3 is 5.97 Å². The molecule has 0 heterocycles. The lowest BCUT2D eigenvalue weighted by Crippen LogP contribution is -2.27. The van der Waals surface area contributed by atoms with Crippen LogP contribution in [0.2, 0.25) is 0 Å². The predicted molar refractivity (Wildman–Crippen MR) is 86.5 cm³/mol. The quantitative estimate of drug-likeness (QED) is 0.615. The minimum Gasteiger partial charge on any atom is -0.481 e. The molecule has 0 spiro atoms. The molecule has 3 nitrogen and oxygen atoms in total. The normalized spacial score (nSPS) is 12.2. The molecule has 1 atom stereocenters. The van der Waals surface area contributed by atoms with Gasteiger partial charge in [-0.15, -0.1) is 0 Å². The summed E-state index contributed by atoms with van der Waals surface area (Å²) in [6.45, 7) is 1.40. The van der Waals surface area contributed by atoms with Gasteiger partial charge in [-0.05, 0) is 37.0 Å². The third-order valence-electron chi connectivity index (χ3n) is 3.30. The molecule has 1 aromatic rings. The third kappa shape index (κ3) is 6.96. The molecule has 0 radical (unpaired) electrons. The van der Waals surface area contributed by atoms with Crippen molar-refractivity contribution in [1.29, 1.82) is 0 Å². The highest BCUT2D eigenvalue weighted by atomic mass is 32.2. The molecule has 0 aliphatic heterocycles. The molecular formula is C16H25NO2S. The fourth-order valence-electron chi connectivity index (χ4n) is 2.13. The second-order valence-electron chi connectivity index (χ2n) is 4.91. The summed E-state index contributed by atoms with van der Waals surface area (Å²) in [5.74, 6) is 0.0269. The van der Waals surface area contributed by atoms with Crippen LogP contribution in [0, 0.1) is 0 Å². The van der Waals surface area contributed by atoms with Crippen LogP contribution in [0.1, 0.15) is 37.2 Å². The molecular weight excluding hydrogens is 270 g/mol. The van der Waals surface area contributed by atoms with Gasteiger partial charge in [0.25, 0.3) is 0 Å². The summed E-state index contributed by atoms with van der Waals surface area (Å²) in [4.78, 5) is 11.3. The van der Waals surface area contributed by atoms with Crippen molar-refractivity contribution in [3.8, 4) is 0 Å². The molecule has 0 aliphatic rings. The number of benzene rings is 1. The lowest BCUT2D eigenvalue weighted by Gasteiger charge is -2.13. The van der Waals surface area contributed by atoms with Crippen LogP contribution in [0.4, 0.5) is 0 Å². The van der Waals surface area contributed by atoms with Crippen LogP contribution in [0.5, 0.6) is 0 Å². The average molecular weight is 295 g/mol. The average Bonchev–Trinajstić information content (AvgIpc) is 2.46. The van der Waals surface area contributed by atoms with Gasteiger partial charge in [-0.2, -0.15) is 11.8 Å². The molecule has 0 aliphatic carbocycles. The zero-order chi connectivity index (χ0) is 14.6. The van der Waals surface area contributed by atoms with E-state index in [1.165, 1.54) is 25.0 Å². The zero-order valence-electron chi connectivity index (χ0n) is 12.2. The second kappa shape index (κ2) is 10.7. The summed E-state index contributed by atoms with van der Waals surface area (Å²) in [7, 11) is 0. The minimum atomic E-state index is -0.760. The highest BCUT2D eigenvalue weighted by Gasteiger charge is 2.18. The Kier molecular flexibility index (Phi) is 9.16. The Balaban J connectivity index is 2.19. The number of carboxylic acid groups (broad SMARTS) is 1. The number of carbonyl (C=O) groups is 1. The zero-order valence-corrected chi connectivity index (χ0v) is 13.0. The molecule has 112 valence electrons. The first kappa shape index (κ1) is 17.1. The molecule has 1 aromatic carbocycles. The molecule has 4 heteroatoms. The monoisotopic (exact) mass is 295 g/mol. The summed E-state index contributed by atoms with van der Waals surface area (Å²) >= 11 is 1.89. The van der Waals surface area contributed by atoms with E-state index in [9.17, 15) is 9.90 Å². The maximum Gasteiger partial charge on any atom is 0.312 e. The Morgan fingerprint density at radius 3 is 2.55 bits per heavy atom. The van der Waals surface area contributed by atoms with Crippen molar-refractivity contribution in [3.05, 3.63) is 35.9 Å². The van der Waals surface area contributed by atoms with Gasteiger partial charge < -0.3 is 10.4 Å². The van der Waals surface area contributed by atoms with Crippen molar-refractivity contribution in [2.24, 2.45) is 0 Å². The number of carboxylic acids is 1. The van der Waals surface area contributed by atoms with Crippen LogP contribution < -0.4 is 5.32 Å². The van der Waals surface area contributed by atoms with Crippen LogP contribution >= 0.6 is 11.8 Å². The first-order chi connectivity index (χ1) is 9.75. The number of hydrogen-bond donors (Lipinski definition) is 2. The summed E-state index contributed by atoms with van der Waals surface area (Å²) in [6, 6.07) is 9.43. The lowest BCUT2D eigenvalue weighted by atomic mass is 9.99. The molecule has 0 amide bonds. The van der Waals surface area contributed by atoms with Crippen molar-refractivity contribution in [3.63, 3.8) is 0 Å². The molecule has 2 N–H and O–H groups in total. The maximum absolute atomic E-state index is 11.3. The summed E-state index contributed by atoms with van der Waals surface area (Å²) in [5, 5.41) is 12.6. The van der Waals surface area contributed by atoms with E-state index in [1.807, 2.05) is 42.1 Å². The van der Waals surface area contributed by atoms with Gasteiger partial charge in [0, 0.05) is 6.54 Å². The van der Waals surface area contributed by atoms with Crippen LogP contribution in [0.3, 0.4) is 0 Å². The van der Waals surface area contributed by atoms with Crippen molar-refractivity contribution in [2.75, 3.05) is 25.1 Å². The Hall–Kier alpha value is -1.00. The largest absolute Gasteiger partial charge is 0.481 e. The second-order valence-corrected chi connectivity index (χ2v) is 5.90. The maximum atomic E-state index is 11.3. The van der Waals surface area contributed by atoms with E-state index in [0.717, 1.165) is 18.5 Å². The van der Waals surface area contributed by atoms with Gasteiger partial charge in [-0.25, -0.2) is 0 Å². The number of nitrogens with one attached hydrogen (secondary N) is 1. The van der Waals surface area contributed by atoms with Crippen LogP contribution in [-0.4, -0.2) is 36.2 Å². The molecule has 0 saturated heterocycles. The van der Waals surface area contributed by atoms with E-state index in [2.05, 4.69) is 11.6 Å². The summed E-state index contributed by atoms with van der Waals surface area (Å²) in [6.07, 6.45) is 7.02. The number of hydrogen-bond acceptors (Lipinski definition) is 3. The molecule has 0 fully saturated rings. The fourth-order valence-corrected chi connectivity index (χ4v) is 2.62. The Labute approximate surface area is 126 Å². The van der Waals surface area contributed by atoms with E-state index < -0.39 is 11.9 Å². The Bertz CT molecular complexity index is 370. The Morgan fingerprint density at radius 1 is 1.20 bits per heavy atom. The fraction of sp³-hybridized carbons (Fsp3) is 0.562. The van der Waals surface area contributed by atoms with E-state index in [1.54, 1.807) is 0 Å². The minimum absolute atomic E-state index is 0.451. The predicted octanol–water partition coefficient (Wildman–Crippen LogP) is 3.37. The summed E-state index contributed by atoms with van der Waals surface area (Å²) in [5.41, 5.74) is 0.868. The van der Waals surface area contributed by atoms with E-state index >= 15 is 0 Å². The molecule has 0 aromatic heterocycles. The molecule has 20 heavy (non-hydrogen) atoms. The van der Waals surface area contributed by atoms with Gasteiger partial charge in [-0.3, -0.25) is 4.79 Å². The van der Waals surface area contributed by atoms with Crippen LogP contribution in [0.15, 0.2) is 30.3 Å². The van der Waals surface area contributed by atoms with E-state index in [-0.39, 0.29) is 0 Å². The van der Waals surface area contributed by atoms with Gasteiger partial charge in [0.1, 0.15) is 0 Å². The van der Waals surface area contributed by atoms with Crippen LogP contribution in [-0.2, 0) is 4.79 Å². The first-order valence-electron chi connectivity index (χ1n) is 7.23. The van der Waals surface area contributed by atoms with Crippen LogP contribution in [0.25, 0.3) is 0 Å². The molecule has 1 rings (SSSR count). The van der Waals surface area contributed by atoms with E-state index in [4.69, 9.17) is 0 Å². The Morgan fingerprint density at radius 2 is 1.90 bits per heavy atom. The van der Waals surface area contributed by atoms with Crippen molar-refractivity contribution in [2.45, 2.75) is 31.6 Å². The number of unbranched alkanes of at least 4 members (excludes halogenated alkanes) is 3. The number of rotatable bonds is 11. The number of aliphatic carboxylic acids is 1. The highest BCUT2D eigenvalue weighted by molar-refractivity contribution is 7.98. The van der Waals surface area contributed by atoms with Crippen molar-refractivity contribution >= 4 is 17.7 Å². The highest BCUT2D eigenvalue weighted by Crippen LogP contribution is 2.14. The van der Waals surface area contributed by atoms with Crippen molar-refractivity contribution in [1.82, 2.24) is 5.32 Å². The van der Waals surface area contributed by atoms with Gasteiger partial charge in [-0.1, -0.05) is 43.2 Å². The first-order valence-corrected chi connectivity index (χ1v) is 8.62. The topological polar surface area (TPSA) is 49.3 Å². The van der Waals surface area contributed by atoms with Crippen molar-refractivity contribution < 1.29 is 9.90 Å². The smallest absolute Gasteiger partial charge is 0.312 e. The van der Waals surface area contributed by atoms with Gasteiger partial charge in [0.15, 0.2) is 0 Å². The van der Waals surface area contributed by atoms with Gasteiger partial charge in [0.05, 0.1) is 5.92 Å². The number of thioether (sulfide) groups is 1. The molecule has 0 bridgehead atoms. The molecule has 1 unspecified atom stereocenters. The molecule has 0 saturated carbocycles. The SMILES string of the molecule is CSCCCCCCNCC(C(=O)O)c1ccccc1. The van der Waals surface area contributed by atoms with E-state index in [0.29, 0.717) is 6.54 Å². The lowest BCUT2D eigenvalue weighted by molar-refractivity contribution is -0.138. The third-order valence-corrected chi connectivity index (χ3v) is 4.00.